The van der Waals surface area contributed by atoms with Crippen molar-refractivity contribution in [3.63, 3.8) is 0 Å². The number of phenolic OH excluding ortho intramolecular Hbond substituents is 1. The van der Waals surface area contributed by atoms with Gasteiger partial charge in [-0.3, -0.25) is 4.99 Å². The smallest absolute Gasteiger partial charge is 0.193 e. The van der Waals surface area contributed by atoms with E-state index in [0.717, 1.165) is 42.0 Å². The van der Waals surface area contributed by atoms with E-state index in [1.807, 2.05) is 29.2 Å². The Morgan fingerprint density at radius 1 is 1.05 bits per heavy atom. The largest absolute Gasteiger partial charge is 0.508 e. The molecule has 2 heterocycles. The zero-order chi connectivity index (χ0) is 14.4. The number of amidine groups is 1. The van der Waals surface area contributed by atoms with Crippen LogP contribution >= 0.6 is 0 Å². The van der Waals surface area contributed by atoms with E-state index in [4.69, 9.17) is 0 Å². The molecule has 0 radical (unpaired) electrons. The summed E-state index contributed by atoms with van der Waals surface area (Å²) < 4.78 is 0. The van der Waals surface area contributed by atoms with Gasteiger partial charge in [-0.15, -0.1) is 0 Å². The molecular weight excluding hydrogens is 264 g/mol. The number of phenols is 1. The zero-order valence-electron chi connectivity index (χ0n) is 11.5. The highest BCUT2D eigenvalue weighted by Crippen LogP contribution is 2.43. The van der Waals surface area contributed by atoms with Crippen LogP contribution in [0.1, 0.15) is 23.1 Å². The van der Waals surface area contributed by atoms with Gasteiger partial charge in [0.25, 0.3) is 0 Å². The van der Waals surface area contributed by atoms with Crippen LogP contribution < -0.4 is 0 Å². The fraction of sp³-hybridized carbons (Fsp3) is 0.235. The average molecular weight is 280 g/mol. The molecule has 1 atom stereocenters. The summed E-state index contributed by atoms with van der Waals surface area (Å²) in [6.45, 7) is 1.57. The van der Waals surface area contributed by atoms with Gasteiger partial charge in [-0.2, -0.15) is 0 Å². The van der Waals surface area contributed by atoms with E-state index in [1.165, 1.54) is 0 Å². The molecule has 0 saturated heterocycles. The summed E-state index contributed by atoms with van der Waals surface area (Å²) in [5, 5.41) is 21.0. The lowest BCUT2D eigenvalue weighted by molar-refractivity contribution is -0.0318. The van der Waals surface area contributed by atoms with Gasteiger partial charge in [-0.25, -0.2) is 0 Å². The molecule has 2 aromatic rings. The number of benzene rings is 2. The van der Waals surface area contributed by atoms with Gasteiger partial charge in [-0.1, -0.05) is 36.4 Å². The van der Waals surface area contributed by atoms with E-state index in [0.29, 0.717) is 0 Å². The Morgan fingerprint density at radius 3 is 2.62 bits per heavy atom. The predicted octanol–water partition coefficient (Wildman–Crippen LogP) is 2.05. The average Bonchev–Trinajstić information content (AvgIpc) is 2.80. The topological polar surface area (TPSA) is 56.1 Å². The van der Waals surface area contributed by atoms with Crippen LogP contribution in [-0.2, 0) is 5.72 Å². The maximum Gasteiger partial charge on any atom is 0.193 e. The highest BCUT2D eigenvalue weighted by atomic mass is 16.3. The molecule has 0 spiro atoms. The molecule has 2 N–H and O–H groups in total. The molecule has 2 aliphatic rings. The normalized spacial score (nSPS) is 23.5. The van der Waals surface area contributed by atoms with E-state index < -0.39 is 5.72 Å². The van der Waals surface area contributed by atoms with Crippen molar-refractivity contribution in [3.8, 4) is 5.75 Å². The maximum absolute atomic E-state index is 11.5. The van der Waals surface area contributed by atoms with E-state index in [2.05, 4.69) is 4.99 Å². The Morgan fingerprint density at radius 2 is 1.81 bits per heavy atom. The molecule has 4 heteroatoms. The second-order valence-electron chi connectivity index (χ2n) is 5.48. The van der Waals surface area contributed by atoms with Crippen LogP contribution in [-0.4, -0.2) is 34.0 Å². The zero-order valence-corrected chi connectivity index (χ0v) is 11.5. The van der Waals surface area contributed by atoms with Crippen molar-refractivity contribution in [1.29, 1.82) is 0 Å². The number of nitrogens with zero attached hydrogens (tertiary/aromatic N) is 2. The van der Waals surface area contributed by atoms with Gasteiger partial charge in [0.1, 0.15) is 11.6 Å². The van der Waals surface area contributed by atoms with Crippen molar-refractivity contribution in [2.45, 2.75) is 12.1 Å². The van der Waals surface area contributed by atoms with Crippen LogP contribution in [0, 0.1) is 0 Å². The summed E-state index contributed by atoms with van der Waals surface area (Å²) in [5.74, 6) is 1.06. The monoisotopic (exact) mass is 280 g/mol. The summed E-state index contributed by atoms with van der Waals surface area (Å²) in [4.78, 5) is 6.57. The van der Waals surface area contributed by atoms with Gasteiger partial charge in [0.05, 0.1) is 0 Å². The molecule has 0 bridgehead atoms. The lowest BCUT2D eigenvalue weighted by Crippen LogP contribution is -2.47. The van der Waals surface area contributed by atoms with Crippen LogP contribution in [0.2, 0.25) is 0 Å². The fourth-order valence-electron chi connectivity index (χ4n) is 3.28. The number of hydrogen-bond donors (Lipinski definition) is 2. The first kappa shape index (κ1) is 12.4. The van der Waals surface area contributed by atoms with Crippen molar-refractivity contribution < 1.29 is 10.2 Å². The summed E-state index contributed by atoms with van der Waals surface area (Å²) in [6.07, 6.45) is 0.928. The summed E-state index contributed by atoms with van der Waals surface area (Å²) >= 11 is 0. The van der Waals surface area contributed by atoms with Gasteiger partial charge in [-0.05, 0) is 18.6 Å². The van der Waals surface area contributed by atoms with Gasteiger partial charge in [0, 0.05) is 29.8 Å². The number of rotatable bonds is 1. The number of fused-ring (bicyclic) bond motifs is 3. The molecule has 0 unspecified atom stereocenters. The van der Waals surface area contributed by atoms with E-state index in [1.54, 1.807) is 24.3 Å². The number of aromatic hydroxyl groups is 1. The predicted molar refractivity (Wildman–Crippen MR) is 80.3 cm³/mol. The molecule has 0 saturated carbocycles. The minimum atomic E-state index is -1.20. The van der Waals surface area contributed by atoms with Gasteiger partial charge in [0.2, 0.25) is 0 Å². The van der Waals surface area contributed by atoms with Crippen molar-refractivity contribution in [2.24, 2.45) is 4.99 Å². The molecule has 106 valence electrons. The van der Waals surface area contributed by atoms with Crippen molar-refractivity contribution in [1.82, 2.24) is 4.90 Å². The third kappa shape index (κ3) is 1.63. The molecule has 4 rings (SSSR count). The first-order valence-corrected chi connectivity index (χ1v) is 7.15. The Labute approximate surface area is 123 Å². The van der Waals surface area contributed by atoms with E-state index in [-0.39, 0.29) is 5.75 Å². The summed E-state index contributed by atoms with van der Waals surface area (Å²) in [7, 11) is 0. The highest BCUT2D eigenvalue weighted by molar-refractivity contribution is 6.04. The van der Waals surface area contributed by atoms with E-state index >= 15 is 0 Å². The molecule has 2 aromatic carbocycles. The summed E-state index contributed by atoms with van der Waals surface area (Å²) in [5.41, 5.74) is 1.40. The standard InChI is InChI=1S/C17H16N2O2/c20-13-8-6-12(7-9-13)17(21)15-5-2-1-4-14(15)16-18-10-3-11-19(16)17/h1-2,4-9,20-21H,3,10-11H2/t17-/m1/s1. The maximum atomic E-state index is 11.5. The molecular formula is C17H16N2O2. The first-order valence-electron chi connectivity index (χ1n) is 7.15. The molecule has 0 amide bonds. The quantitative estimate of drug-likeness (QED) is 0.840. The number of aliphatic hydroxyl groups is 1. The Kier molecular flexibility index (Phi) is 2.56. The number of aliphatic imine (C=N–C) groups is 1. The van der Waals surface area contributed by atoms with Gasteiger partial charge in [0.15, 0.2) is 5.72 Å². The highest BCUT2D eigenvalue weighted by Gasteiger charge is 2.48. The molecule has 0 aliphatic carbocycles. The second-order valence-corrected chi connectivity index (χ2v) is 5.48. The molecule has 21 heavy (non-hydrogen) atoms. The van der Waals surface area contributed by atoms with Crippen molar-refractivity contribution >= 4 is 5.84 Å². The van der Waals surface area contributed by atoms with Crippen LogP contribution in [0.15, 0.2) is 53.5 Å². The molecule has 2 aliphatic heterocycles. The lowest BCUT2D eigenvalue weighted by atomic mass is 9.93. The molecule has 0 fully saturated rings. The minimum absolute atomic E-state index is 0.196. The molecule has 4 nitrogen and oxygen atoms in total. The van der Waals surface area contributed by atoms with Gasteiger partial charge < -0.3 is 15.1 Å². The van der Waals surface area contributed by atoms with Gasteiger partial charge >= 0.3 is 0 Å². The van der Waals surface area contributed by atoms with Crippen LogP contribution in [0.25, 0.3) is 0 Å². The first-order chi connectivity index (χ1) is 10.2. The van der Waals surface area contributed by atoms with Crippen molar-refractivity contribution in [2.75, 3.05) is 13.1 Å². The van der Waals surface area contributed by atoms with Crippen LogP contribution in [0.3, 0.4) is 0 Å². The Balaban J connectivity index is 1.96. The molecule has 0 aromatic heterocycles. The second kappa shape index (κ2) is 4.33. The fourth-order valence-corrected chi connectivity index (χ4v) is 3.28. The third-order valence-electron chi connectivity index (χ3n) is 4.26. The third-order valence-corrected chi connectivity index (χ3v) is 4.26. The minimum Gasteiger partial charge on any atom is -0.508 e. The SMILES string of the molecule is Oc1ccc([C@@]2(O)c3ccccc3C3=NCCCN32)cc1. The Bertz CT molecular complexity index is 724. The Hall–Kier alpha value is -2.33. The van der Waals surface area contributed by atoms with Crippen LogP contribution in [0.5, 0.6) is 5.75 Å². The summed E-state index contributed by atoms with van der Waals surface area (Å²) in [6, 6.07) is 14.6. The van der Waals surface area contributed by atoms with E-state index in [9.17, 15) is 10.2 Å². The van der Waals surface area contributed by atoms with Crippen LogP contribution in [0.4, 0.5) is 0 Å². The van der Waals surface area contributed by atoms with Crippen molar-refractivity contribution in [3.05, 3.63) is 65.2 Å². The number of hydrogen-bond acceptors (Lipinski definition) is 4. The lowest BCUT2D eigenvalue weighted by Gasteiger charge is -2.37.